The second-order valence-corrected chi connectivity index (χ2v) is 16.1. The normalized spacial score (nSPS) is 49.7. The molecule has 4 aliphatic carbocycles. The van der Waals surface area contributed by atoms with Crippen LogP contribution in [0.25, 0.3) is 0 Å². The standard InChI is InChI=1S/C36H56N2O8/c1-23-32(41)29(39)19-31(45-23)46-25-6-11-34(22-37-14-17-38-15-4-3-5-16-38)27-7-10-33(2)26(24-18-30(40)44-21-24)9-13-36(33,43)28(27)8-12-35(34,42)20-25/h18,22-23,25-29,31-32,39,41-43H,3-17,19-21H2,1-2H3/t23-,25-,26-,27+,28-,29-,31+,32-,33-,34+,35+,36-/m1/s1. The SMILES string of the molecule is C[C@H]1O[C@@H](O[C@@H]2CC[C@]3(C=NCCN4CCCCC4)[C@H]4CC[C@]5(C)[C@@H](C6=CC(=O)OC6)CC[C@@]5(O)[C@@H]4CC[C@]3(O)C2)C[C@@H](O)[C@@H]1O. The molecule has 0 amide bonds. The number of likely N-dealkylation sites (tertiary alicyclic amines) is 1. The highest BCUT2D eigenvalue weighted by Gasteiger charge is 2.71. The number of rotatable bonds is 7. The Balaban J connectivity index is 1.14. The molecule has 7 aliphatic rings. The van der Waals surface area contributed by atoms with Crippen molar-refractivity contribution in [1.82, 2.24) is 4.90 Å². The molecule has 0 spiro atoms. The largest absolute Gasteiger partial charge is 0.458 e. The summed E-state index contributed by atoms with van der Waals surface area (Å²) in [4.78, 5) is 19.6. The van der Waals surface area contributed by atoms with Crippen molar-refractivity contribution in [3.8, 4) is 0 Å². The van der Waals surface area contributed by atoms with Gasteiger partial charge in [-0.1, -0.05) is 13.3 Å². The van der Waals surface area contributed by atoms with Crippen LogP contribution in [0.2, 0.25) is 0 Å². The number of hydrogen-bond donors (Lipinski definition) is 4. The molecule has 0 bridgehead atoms. The van der Waals surface area contributed by atoms with Crippen molar-refractivity contribution in [3.05, 3.63) is 11.6 Å². The third kappa shape index (κ3) is 5.42. The van der Waals surface area contributed by atoms with Gasteiger partial charge >= 0.3 is 5.97 Å². The van der Waals surface area contributed by atoms with Gasteiger partial charge in [-0.3, -0.25) is 4.99 Å². The molecule has 258 valence electrons. The van der Waals surface area contributed by atoms with Crippen LogP contribution in [0, 0.1) is 28.6 Å². The molecule has 46 heavy (non-hydrogen) atoms. The number of aliphatic hydroxyl groups excluding tert-OH is 2. The minimum atomic E-state index is -1.04. The number of hydrogen-bond acceptors (Lipinski definition) is 10. The number of carbonyl (C=O) groups is 1. The molecule has 3 aliphatic heterocycles. The molecule has 4 saturated carbocycles. The number of aliphatic imine (C=N–C) groups is 1. The van der Waals surface area contributed by atoms with Crippen LogP contribution in [-0.2, 0) is 19.0 Å². The Hall–Kier alpha value is -1.40. The van der Waals surface area contributed by atoms with E-state index in [0.717, 1.165) is 57.3 Å². The van der Waals surface area contributed by atoms with Crippen LogP contribution in [0.15, 0.2) is 16.6 Å². The van der Waals surface area contributed by atoms with E-state index >= 15 is 0 Å². The molecule has 0 unspecified atom stereocenters. The van der Waals surface area contributed by atoms with E-state index in [2.05, 4.69) is 18.0 Å². The molecular weight excluding hydrogens is 588 g/mol. The molecule has 12 atom stereocenters. The lowest BCUT2D eigenvalue weighted by Gasteiger charge is -2.66. The topological polar surface area (TPSA) is 141 Å². The number of aliphatic hydroxyl groups is 4. The number of ether oxygens (including phenoxy) is 3. The highest BCUT2D eigenvalue weighted by Crippen LogP contribution is 2.70. The highest BCUT2D eigenvalue weighted by molar-refractivity contribution is 5.85. The van der Waals surface area contributed by atoms with Gasteiger partial charge in [0.25, 0.3) is 0 Å². The molecule has 6 fully saturated rings. The Morgan fingerprint density at radius 1 is 1.04 bits per heavy atom. The number of fused-ring (bicyclic) bond motifs is 5. The summed E-state index contributed by atoms with van der Waals surface area (Å²) in [6.45, 7) is 8.19. The fourth-order valence-electron chi connectivity index (χ4n) is 11.4. The van der Waals surface area contributed by atoms with Gasteiger partial charge in [-0.05, 0) is 108 Å². The first-order chi connectivity index (χ1) is 22.0. The molecule has 10 heteroatoms. The Morgan fingerprint density at radius 2 is 1.83 bits per heavy atom. The summed E-state index contributed by atoms with van der Waals surface area (Å²) in [5.74, 6) is -0.0415. The minimum Gasteiger partial charge on any atom is -0.458 e. The van der Waals surface area contributed by atoms with Gasteiger partial charge in [0.1, 0.15) is 12.7 Å². The average Bonchev–Trinajstić information content (AvgIpc) is 3.58. The van der Waals surface area contributed by atoms with Gasteiger partial charge in [-0.2, -0.15) is 0 Å². The van der Waals surface area contributed by atoms with Gasteiger partial charge in [0.15, 0.2) is 6.29 Å². The van der Waals surface area contributed by atoms with Gasteiger partial charge in [-0.15, -0.1) is 0 Å². The van der Waals surface area contributed by atoms with Crippen LogP contribution < -0.4 is 0 Å². The number of carbonyl (C=O) groups excluding carboxylic acids is 1. The van der Waals surface area contributed by atoms with E-state index in [9.17, 15) is 25.2 Å². The number of piperidine rings is 1. The third-order valence-corrected chi connectivity index (χ3v) is 14.0. The lowest BCUT2D eigenvalue weighted by molar-refractivity contribution is -0.282. The zero-order chi connectivity index (χ0) is 32.3. The first kappa shape index (κ1) is 33.1. The summed E-state index contributed by atoms with van der Waals surface area (Å²) in [6.07, 6.45) is 11.0. The van der Waals surface area contributed by atoms with E-state index in [1.54, 1.807) is 13.0 Å². The molecule has 0 aromatic heterocycles. The minimum absolute atomic E-state index is 0.0281. The smallest absolute Gasteiger partial charge is 0.331 e. The molecule has 0 aromatic rings. The molecule has 3 heterocycles. The van der Waals surface area contributed by atoms with Gasteiger partial charge in [0.05, 0.1) is 36.1 Å². The van der Waals surface area contributed by atoms with E-state index in [-0.39, 0.29) is 41.7 Å². The van der Waals surface area contributed by atoms with Crippen LogP contribution in [0.5, 0.6) is 0 Å². The first-order valence-electron chi connectivity index (χ1n) is 18.2. The van der Waals surface area contributed by atoms with E-state index < -0.39 is 41.2 Å². The third-order valence-electron chi connectivity index (χ3n) is 14.0. The van der Waals surface area contributed by atoms with Crippen LogP contribution >= 0.6 is 0 Å². The molecule has 4 N–H and O–H groups in total. The second kappa shape index (κ2) is 12.5. The Kier molecular flexibility index (Phi) is 8.99. The van der Waals surface area contributed by atoms with E-state index in [1.807, 2.05) is 0 Å². The number of cyclic esters (lactones) is 1. The van der Waals surface area contributed by atoms with Crippen LogP contribution in [0.3, 0.4) is 0 Å². The van der Waals surface area contributed by atoms with Crippen molar-refractivity contribution >= 4 is 12.2 Å². The van der Waals surface area contributed by atoms with Crippen molar-refractivity contribution in [2.24, 2.45) is 33.6 Å². The van der Waals surface area contributed by atoms with Gasteiger partial charge in [0, 0.05) is 42.5 Å². The summed E-state index contributed by atoms with van der Waals surface area (Å²) in [6, 6.07) is 0. The molecule has 7 rings (SSSR count). The van der Waals surface area contributed by atoms with Crippen molar-refractivity contribution in [1.29, 1.82) is 0 Å². The summed E-state index contributed by atoms with van der Waals surface area (Å²) >= 11 is 0. The first-order valence-corrected chi connectivity index (χ1v) is 18.2. The van der Waals surface area contributed by atoms with Gasteiger partial charge in [-0.25, -0.2) is 4.79 Å². The Morgan fingerprint density at radius 3 is 2.57 bits per heavy atom. The van der Waals surface area contributed by atoms with E-state index in [1.165, 1.54) is 19.3 Å². The van der Waals surface area contributed by atoms with Gasteiger partial charge < -0.3 is 39.5 Å². The summed E-state index contributed by atoms with van der Waals surface area (Å²) < 4.78 is 17.6. The maximum Gasteiger partial charge on any atom is 0.331 e. The van der Waals surface area contributed by atoms with Crippen LogP contribution in [-0.4, -0.2) is 112 Å². The fourth-order valence-corrected chi connectivity index (χ4v) is 11.4. The number of nitrogens with zero attached hydrogens (tertiary/aromatic N) is 2. The Labute approximate surface area is 273 Å². The molecule has 0 aromatic carbocycles. The highest BCUT2D eigenvalue weighted by atomic mass is 16.7. The molecular formula is C36H56N2O8. The summed E-state index contributed by atoms with van der Waals surface area (Å²) in [7, 11) is 0. The summed E-state index contributed by atoms with van der Waals surface area (Å²) in [5, 5.41) is 46.0. The monoisotopic (exact) mass is 644 g/mol. The Bertz CT molecular complexity index is 1190. The predicted molar refractivity (Wildman–Crippen MR) is 171 cm³/mol. The van der Waals surface area contributed by atoms with Crippen LogP contribution in [0.1, 0.15) is 97.3 Å². The average molecular weight is 645 g/mol. The van der Waals surface area contributed by atoms with Crippen molar-refractivity contribution in [2.75, 3.05) is 32.8 Å². The predicted octanol–water partition coefficient (Wildman–Crippen LogP) is 3.14. The molecule has 0 radical (unpaired) electrons. The maximum atomic E-state index is 12.8. The molecule has 10 nitrogen and oxygen atoms in total. The second-order valence-electron chi connectivity index (χ2n) is 16.1. The quantitative estimate of drug-likeness (QED) is 0.187. The maximum absolute atomic E-state index is 12.8. The van der Waals surface area contributed by atoms with Crippen molar-refractivity contribution < 1.29 is 39.4 Å². The lowest BCUT2D eigenvalue weighted by Crippen LogP contribution is -2.69. The summed E-state index contributed by atoms with van der Waals surface area (Å²) in [5.41, 5.74) is -1.83. The van der Waals surface area contributed by atoms with Crippen LogP contribution in [0.4, 0.5) is 0 Å². The lowest BCUT2D eigenvalue weighted by atomic mass is 9.41. The zero-order valence-electron chi connectivity index (χ0n) is 27.8. The fraction of sp³-hybridized carbons (Fsp3) is 0.889. The van der Waals surface area contributed by atoms with Gasteiger partial charge in [0.2, 0.25) is 0 Å². The van der Waals surface area contributed by atoms with E-state index in [0.29, 0.717) is 38.8 Å². The number of esters is 1. The zero-order valence-corrected chi connectivity index (χ0v) is 27.8. The van der Waals surface area contributed by atoms with Crippen molar-refractivity contribution in [3.63, 3.8) is 0 Å². The van der Waals surface area contributed by atoms with Crippen molar-refractivity contribution in [2.45, 2.75) is 139 Å². The van der Waals surface area contributed by atoms with E-state index in [4.69, 9.17) is 19.2 Å². The molecule has 2 saturated heterocycles.